The number of aliphatic hydroxyl groups is 1. The molecule has 0 bridgehead atoms. The smallest absolute Gasteiger partial charge is 0.326 e. The van der Waals surface area contributed by atoms with Crippen molar-refractivity contribution in [2.45, 2.75) is 70.8 Å². The highest BCUT2D eigenvalue weighted by molar-refractivity contribution is 5.94. The van der Waals surface area contributed by atoms with Gasteiger partial charge in [0.1, 0.15) is 18.1 Å². The third-order valence-corrected chi connectivity index (χ3v) is 4.42. The monoisotopic (exact) mass is 386 g/mol. The molecule has 0 radical (unpaired) electrons. The van der Waals surface area contributed by atoms with Crippen LogP contribution in [0, 0.1) is 5.92 Å². The molecule has 27 heavy (non-hydrogen) atoms. The van der Waals surface area contributed by atoms with Gasteiger partial charge >= 0.3 is 5.97 Å². The van der Waals surface area contributed by atoms with Gasteiger partial charge in [-0.3, -0.25) is 14.4 Å². The first-order valence-corrected chi connectivity index (χ1v) is 9.10. The van der Waals surface area contributed by atoms with Crippen LogP contribution in [0.5, 0.6) is 0 Å². The highest BCUT2D eigenvalue weighted by Gasteiger charge is 2.32. The summed E-state index contributed by atoms with van der Waals surface area (Å²) in [4.78, 5) is 47.9. The molecule has 1 heterocycles. The van der Waals surface area contributed by atoms with Gasteiger partial charge in [0.05, 0.1) is 12.1 Å². The molecule has 0 aliphatic carbocycles. The number of carboxylic acids is 1. The molecule has 1 rings (SSSR count). The molecule has 0 aromatic rings. The molecule has 154 valence electrons. The van der Waals surface area contributed by atoms with E-state index in [0.29, 0.717) is 13.0 Å². The molecule has 5 atom stereocenters. The molecule has 0 aromatic heterocycles. The van der Waals surface area contributed by atoms with Crippen molar-refractivity contribution in [3.8, 4) is 0 Å². The summed E-state index contributed by atoms with van der Waals surface area (Å²) in [5.74, 6) is -3.29. The number of hydrogen-bond donors (Lipinski definition) is 6. The Morgan fingerprint density at radius 1 is 0.963 bits per heavy atom. The number of carbonyl (C=O) groups excluding carboxylic acids is 3. The third-order valence-electron chi connectivity index (χ3n) is 4.42. The van der Waals surface area contributed by atoms with Crippen LogP contribution in [0.15, 0.2) is 0 Å². The van der Waals surface area contributed by atoms with Crippen molar-refractivity contribution in [1.82, 2.24) is 21.3 Å². The second-order valence-electron chi connectivity index (χ2n) is 7.17. The first kappa shape index (κ1) is 22.8. The largest absolute Gasteiger partial charge is 0.480 e. The summed E-state index contributed by atoms with van der Waals surface area (Å²) >= 11 is 0. The Balaban J connectivity index is 2.67. The van der Waals surface area contributed by atoms with E-state index >= 15 is 0 Å². The fourth-order valence-electron chi connectivity index (χ4n) is 2.73. The predicted molar refractivity (Wildman–Crippen MR) is 96.6 cm³/mol. The van der Waals surface area contributed by atoms with Crippen molar-refractivity contribution in [2.75, 3.05) is 6.54 Å². The van der Waals surface area contributed by atoms with Gasteiger partial charge in [-0.1, -0.05) is 13.8 Å². The summed E-state index contributed by atoms with van der Waals surface area (Å²) in [6.07, 6.45) is 0.319. The molecule has 10 heteroatoms. The fourth-order valence-corrected chi connectivity index (χ4v) is 2.73. The van der Waals surface area contributed by atoms with Crippen molar-refractivity contribution in [1.29, 1.82) is 0 Å². The van der Waals surface area contributed by atoms with E-state index in [2.05, 4.69) is 21.3 Å². The lowest BCUT2D eigenvalue weighted by molar-refractivity contribution is -0.143. The molecule has 5 unspecified atom stereocenters. The zero-order chi connectivity index (χ0) is 20.7. The molecular weight excluding hydrogens is 356 g/mol. The van der Waals surface area contributed by atoms with Crippen molar-refractivity contribution in [2.24, 2.45) is 5.92 Å². The number of carbonyl (C=O) groups is 4. The molecular formula is C17H30N4O6. The van der Waals surface area contributed by atoms with Crippen LogP contribution in [0.4, 0.5) is 0 Å². The van der Waals surface area contributed by atoms with Crippen LogP contribution in [-0.2, 0) is 19.2 Å². The number of aliphatic carboxylic acids is 1. The minimum atomic E-state index is -1.23. The SMILES string of the molecule is CC(NC(=O)C(NC(=O)C1CCCN1)C(C)O)C(=O)NC(C(=O)O)C(C)C. The Hall–Kier alpha value is -2.20. The van der Waals surface area contributed by atoms with E-state index < -0.39 is 54.0 Å². The van der Waals surface area contributed by atoms with E-state index in [0.717, 1.165) is 6.42 Å². The van der Waals surface area contributed by atoms with E-state index in [1.54, 1.807) is 13.8 Å². The molecule has 1 aliphatic heterocycles. The second-order valence-corrected chi connectivity index (χ2v) is 7.17. The maximum Gasteiger partial charge on any atom is 0.326 e. The minimum absolute atomic E-state index is 0.335. The number of nitrogens with one attached hydrogen (secondary N) is 4. The van der Waals surface area contributed by atoms with Crippen LogP contribution < -0.4 is 21.3 Å². The third kappa shape index (κ3) is 6.79. The van der Waals surface area contributed by atoms with Gasteiger partial charge in [-0.25, -0.2) is 4.79 Å². The standard InChI is InChI=1S/C17H30N4O6/c1-8(2)12(17(26)27)20-14(23)9(3)19-16(25)13(10(4)22)21-15(24)11-6-5-7-18-11/h8-13,18,22H,5-7H2,1-4H3,(H,19,25)(H,20,23)(H,21,24)(H,26,27). The number of rotatable bonds is 9. The molecule has 0 spiro atoms. The zero-order valence-electron chi connectivity index (χ0n) is 16.1. The number of carboxylic acid groups (broad SMARTS) is 1. The lowest BCUT2D eigenvalue weighted by Gasteiger charge is -2.25. The van der Waals surface area contributed by atoms with E-state index in [4.69, 9.17) is 5.11 Å². The Morgan fingerprint density at radius 3 is 2.04 bits per heavy atom. The molecule has 0 saturated carbocycles. The predicted octanol–water partition coefficient (Wildman–Crippen LogP) is -1.67. The number of hydrogen-bond acceptors (Lipinski definition) is 6. The van der Waals surface area contributed by atoms with Crippen molar-refractivity contribution in [3.05, 3.63) is 0 Å². The lowest BCUT2D eigenvalue weighted by atomic mass is 10.0. The van der Waals surface area contributed by atoms with Crippen molar-refractivity contribution >= 4 is 23.7 Å². The molecule has 3 amide bonds. The Labute approximate surface area is 158 Å². The average molecular weight is 386 g/mol. The number of amides is 3. The first-order valence-electron chi connectivity index (χ1n) is 9.10. The fraction of sp³-hybridized carbons (Fsp3) is 0.765. The Bertz CT molecular complexity index is 560. The summed E-state index contributed by atoms with van der Waals surface area (Å²) in [5, 5.41) is 29.2. The molecule has 1 fully saturated rings. The van der Waals surface area contributed by atoms with Crippen LogP contribution in [0.2, 0.25) is 0 Å². The maximum absolute atomic E-state index is 12.4. The summed E-state index contributed by atoms with van der Waals surface area (Å²) in [5.41, 5.74) is 0. The van der Waals surface area contributed by atoms with Crippen LogP contribution in [-0.4, -0.2) is 70.7 Å². The summed E-state index contributed by atoms with van der Waals surface area (Å²) in [6.45, 7) is 6.76. The summed E-state index contributed by atoms with van der Waals surface area (Å²) in [7, 11) is 0. The maximum atomic E-state index is 12.4. The highest BCUT2D eigenvalue weighted by atomic mass is 16.4. The van der Waals surface area contributed by atoms with Gasteiger partial charge in [0.15, 0.2) is 0 Å². The highest BCUT2D eigenvalue weighted by Crippen LogP contribution is 2.06. The summed E-state index contributed by atoms with van der Waals surface area (Å²) in [6, 6.07) is -3.77. The van der Waals surface area contributed by atoms with Crippen molar-refractivity contribution < 1.29 is 29.4 Å². The van der Waals surface area contributed by atoms with Crippen LogP contribution in [0.3, 0.4) is 0 Å². The Kier molecular flexibility index (Phi) is 8.64. The molecule has 10 nitrogen and oxygen atoms in total. The van der Waals surface area contributed by atoms with Gasteiger partial charge in [-0.2, -0.15) is 0 Å². The molecule has 1 aliphatic rings. The number of aliphatic hydroxyl groups excluding tert-OH is 1. The average Bonchev–Trinajstić information content (AvgIpc) is 3.10. The zero-order valence-corrected chi connectivity index (χ0v) is 16.1. The van der Waals surface area contributed by atoms with Crippen molar-refractivity contribution in [3.63, 3.8) is 0 Å². The lowest BCUT2D eigenvalue weighted by Crippen LogP contribution is -2.59. The second kappa shape index (κ2) is 10.2. The summed E-state index contributed by atoms with van der Waals surface area (Å²) < 4.78 is 0. The topological polar surface area (TPSA) is 157 Å². The Morgan fingerprint density at radius 2 is 1.59 bits per heavy atom. The van der Waals surface area contributed by atoms with Gasteiger partial charge in [0.2, 0.25) is 17.7 Å². The normalized spacial score (nSPS) is 21.0. The van der Waals surface area contributed by atoms with Crippen LogP contribution >= 0.6 is 0 Å². The van der Waals surface area contributed by atoms with Gasteiger partial charge < -0.3 is 31.5 Å². The van der Waals surface area contributed by atoms with E-state index in [1.807, 2.05) is 0 Å². The van der Waals surface area contributed by atoms with Crippen LogP contribution in [0.1, 0.15) is 40.5 Å². The molecule has 6 N–H and O–H groups in total. The van der Waals surface area contributed by atoms with Gasteiger partial charge in [0.25, 0.3) is 0 Å². The van der Waals surface area contributed by atoms with Crippen LogP contribution in [0.25, 0.3) is 0 Å². The van der Waals surface area contributed by atoms with E-state index in [-0.39, 0.29) is 5.92 Å². The molecule has 1 saturated heterocycles. The minimum Gasteiger partial charge on any atom is -0.480 e. The van der Waals surface area contributed by atoms with E-state index in [9.17, 15) is 24.3 Å². The van der Waals surface area contributed by atoms with Gasteiger partial charge in [-0.05, 0) is 39.2 Å². The quantitative estimate of drug-likeness (QED) is 0.277. The first-order chi connectivity index (χ1) is 12.5. The van der Waals surface area contributed by atoms with E-state index in [1.165, 1.54) is 13.8 Å². The van der Waals surface area contributed by atoms with Gasteiger partial charge in [-0.15, -0.1) is 0 Å². The molecule has 0 aromatic carbocycles. The van der Waals surface area contributed by atoms with Gasteiger partial charge in [0, 0.05) is 0 Å².